The van der Waals surface area contributed by atoms with E-state index >= 15 is 0 Å². The molecule has 0 fully saturated rings. The summed E-state index contributed by atoms with van der Waals surface area (Å²) in [5, 5.41) is 0. The fourth-order valence-electron chi connectivity index (χ4n) is 2.23. The molecule has 1 aromatic heterocycles. The first-order chi connectivity index (χ1) is 9.11. The third kappa shape index (κ3) is 3.03. The van der Waals surface area contributed by atoms with Crippen molar-refractivity contribution in [3.8, 4) is 5.75 Å². The van der Waals surface area contributed by atoms with Crippen LogP contribution in [0.3, 0.4) is 0 Å². The summed E-state index contributed by atoms with van der Waals surface area (Å²) in [6.45, 7) is 2.00. The van der Waals surface area contributed by atoms with Crippen LogP contribution < -0.4 is 16.2 Å². The molecule has 2 aromatic rings. The number of rotatable bonds is 4. The van der Waals surface area contributed by atoms with E-state index in [0.717, 1.165) is 22.4 Å². The van der Waals surface area contributed by atoms with Crippen LogP contribution in [0.25, 0.3) is 0 Å². The Bertz CT molecular complexity index is 549. The van der Waals surface area contributed by atoms with Crippen molar-refractivity contribution in [2.24, 2.45) is 5.73 Å². The minimum absolute atomic E-state index is 0.166. The van der Waals surface area contributed by atoms with E-state index in [4.69, 9.17) is 16.2 Å². The zero-order chi connectivity index (χ0) is 13.8. The van der Waals surface area contributed by atoms with E-state index in [9.17, 15) is 0 Å². The van der Waals surface area contributed by atoms with Gasteiger partial charge >= 0.3 is 0 Å². The fraction of sp³-hybridized carbons (Fsp3) is 0.267. The van der Waals surface area contributed by atoms with E-state index in [0.29, 0.717) is 12.2 Å². The quantitative estimate of drug-likeness (QED) is 0.880. The summed E-state index contributed by atoms with van der Waals surface area (Å²) in [6, 6.07) is 9.66. The minimum atomic E-state index is -0.166. The highest BCUT2D eigenvalue weighted by molar-refractivity contribution is 5.46. The Morgan fingerprint density at radius 3 is 2.79 bits per heavy atom. The first-order valence-electron chi connectivity index (χ1n) is 6.21. The minimum Gasteiger partial charge on any atom is -0.497 e. The average Bonchev–Trinajstić information content (AvgIpc) is 2.38. The fourth-order valence-corrected chi connectivity index (χ4v) is 2.23. The Hall–Kier alpha value is -2.07. The van der Waals surface area contributed by atoms with Crippen molar-refractivity contribution >= 4 is 5.82 Å². The molecule has 0 aliphatic carbocycles. The van der Waals surface area contributed by atoms with Crippen LogP contribution in [-0.2, 0) is 6.42 Å². The Balaban J connectivity index is 2.23. The van der Waals surface area contributed by atoms with Gasteiger partial charge in [-0.1, -0.05) is 12.1 Å². The molecule has 0 radical (unpaired) electrons. The number of benzene rings is 1. The lowest BCUT2D eigenvalue weighted by molar-refractivity contribution is 0.414. The maximum absolute atomic E-state index is 6.26. The van der Waals surface area contributed by atoms with Crippen molar-refractivity contribution in [1.29, 1.82) is 0 Å². The number of pyridine rings is 1. The Morgan fingerprint density at radius 1 is 1.32 bits per heavy atom. The molecule has 4 N–H and O–H groups in total. The molecule has 4 heteroatoms. The monoisotopic (exact) mass is 257 g/mol. The lowest BCUT2D eigenvalue weighted by Gasteiger charge is -2.16. The summed E-state index contributed by atoms with van der Waals surface area (Å²) in [4.78, 5) is 4.11. The number of nitrogen functional groups attached to an aromatic ring is 1. The SMILES string of the molecule is COc1cccc(CC(N)c2c(C)ccnc2N)c1. The van der Waals surface area contributed by atoms with Gasteiger partial charge in [-0.05, 0) is 42.7 Å². The molecule has 4 nitrogen and oxygen atoms in total. The number of aromatic nitrogens is 1. The van der Waals surface area contributed by atoms with Gasteiger partial charge in [0.2, 0.25) is 0 Å². The van der Waals surface area contributed by atoms with Crippen LogP contribution in [0, 0.1) is 6.92 Å². The molecular formula is C15H19N3O. The number of methoxy groups -OCH3 is 1. The van der Waals surface area contributed by atoms with Crippen LogP contribution in [0.4, 0.5) is 5.82 Å². The highest BCUT2D eigenvalue weighted by atomic mass is 16.5. The third-order valence-corrected chi connectivity index (χ3v) is 3.20. The van der Waals surface area contributed by atoms with E-state index < -0.39 is 0 Å². The van der Waals surface area contributed by atoms with Crippen LogP contribution in [-0.4, -0.2) is 12.1 Å². The number of nitrogens with two attached hydrogens (primary N) is 2. The van der Waals surface area contributed by atoms with Crippen LogP contribution in [0.5, 0.6) is 5.75 Å². The highest BCUT2D eigenvalue weighted by Gasteiger charge is 2.14. The van der Waals surface area contributed by atoms with Gasteiger partial charge in [0.1, 0.15) is 11.6 Å². The number of anilines is 1. The molecule has 0 saturated carbocycles. The Kier molecular flexibility index (Phi) is 4.02. The first-order valence-corrected chi connectivity index (χ1v) is 6.21. The van der Waals surface area contributed by atoms with Crippen LogP contribution in [0.15, 0.2) is 36.5 Å². The molecule has 0 aliphatic rings. The number of ether oxygens (including phenoxy) is 1. The molecule has 1 aromatic carbocycles. The maximum Gasteiger partial charge on any atom is 0.128 e. The first kappa shape index (κ1) is 13.4. The van der Waals surface area contributed by atoms with E-state index in [1.54, 1.807) is 13.3 Å². The second kappa shape index (κ2) is 5.71. The molecular weight excluding hydrogens is 238 g/mol. The number of aryl methyl sites for hydroxylation is 1. The van der Waals surface area contributed by atoms with Crippen LogP contribution in [0.1, 0.15) is 22.7 Å². The smallest absolute Gasteiger partial charge is 0.128 e. The lowest BCUT2D eigenvalue weighted by Crippen LogP contribution is -2.17. The number of hydrogen-bond acceptors (Lipinski definition) is 4. The molecule has 2 rings (SSSR count). The van der Waals surface area contributed by atoms with Gasteiger partial charge in [-0.15, -0.1) is 0 Å². The van der Waals surface area contributed by atoms with Crippen molar-refractivity contribution in [1.82, 2.24) is 4.98 Å². The average molecular weight is 257 g/mol. The van der Waals surface area contributed by atoms with Gasteiger partial charge in [0, 0.05) is 17.8 Å². The van der Waals surface area contributed by atoms with Crippen molar-refractivity contribution in [3.63, 3.8) is 0 Å². The topological polar surface area (TPSA) is 74.2 Å². The molecule has 1 heterocycles. The van der Waals surface area contributed by atoms with E-state index in [1.807, 2.05) is 37.3 Å². The standard InChI is InChI=1S/C15H19N3O/c1-10-6-7-18-15(17)14(10)13(16)9-11-4-3-5-12(8-11)19-2/h3-8,13H,9,16H2,1-2H3,(H2,17,18). The predicted octanol–water partition coefficient (Wildman–Crippen LogP) is 2.22. The highest BCUT2D eigenvalue weighted by Crippen LogP contribution is 2.24. The van der Waals surface area contributed by atoms with Gasteiger partial charge < -0.3 is 16.2 Å². The molecule has 0 spiro atoms. The summed E-state index contributed by atoms with van der Waals surface area (Å²) in [5.74, 6) is 1.34. The number of hydrogen-bond donors (Lipinski definition) is 2. The molecule has 0 bridgehead atoms. The van der Waals surface area contributed by atoms with Gasteiger partial charge in [0.25, 0.3) is 0 Å². The number of nitrogens with zero attached hydrogens (tertiary/aromatic N) is 1. The molecule has 0 amide bonds. The Labute approximate surface area is 113 Å². The van der Waals surface area contributed by atoms with E-state index in [-0.39, 0.29) is 6.04 Å². The Morgan fingerprint density at radius 2 is 2.11 bits per heavy atom. The third-order valence-electron chi connectivity index (χ3n) is 3.20. The molecule has 100 valence electrons. The largest absolute Gasteiger partial charge is 0.497 e. The summed E-state index contributed by atoms with van der Waals surface area (Å²) in [5.41, 5.74) is 15.3. The molecule has 0 saturated heterocycles. The second-order valence-corrected chi connectivity index (χ2v) is 4.59. The molecule has 1 atom stereocenters. The van der Waals surface area contributed by atoms with Crippen molar-refractivity contribution < 1.29 is 4.74 Å². The van der Waals surface area contributed by atoms with Gasteiger partial charge in [0.15, 0.2) is 0 Å². The maximum atomic E-state index is 6.26. The van der Waals surface area contributed by atoms with Gasteiger partial charge in [-0.25, -0.2) is 4.98 Å². The predicted molar refractivity (Wildman–Crippen MR) is 77.0 cm³/mol. The summed E-state index contributed by atoms with van der Waals surface area (Å²) in [7, 11) is 1.66. The lowest BCUT2D eigenvalue weighted by atomic mass is 9.97. The molecule has 0 aliphatic heterocycles. The summed E-state index contributed by atoms with van der Waals surface area (Å²) in [6.07, 6.45) is 2.40. The normalized spacial score (nSPS) is 12.2. The van der Waals surface area contributed by atoms with Crippen LogP contribution in [0.2, 0.25) is 0 Å². The van der Waals surface area contributed by atoms with Gasteiger partial charge in [0.05, 0.1) is 7.11 Å². The van der Waals surface area contributed by atoms with Crippen molar-refractivity contribution in [3.05, 3.63) is 53.2 Å². The summed E-state index contributed by atoms with van der Waals surface area (Å²) < 4.78 is 5.21. The van der Waals surface area contributed by atoms with Crippen LogP contribution >= 0.6 is 0 Å². The summed E-state index contributed by atoms with van der Waals surface area (Å²) >= 11 is 0. The zero-order valence-electron chi connectivity index (χ0n) is 11.3. The van der Waals surface area contributed by atoms with Gasteiger partial charge in [-0.3, -0.25) is 0 Å². The van der Waals surface area contributed by atoms with Crippen molar-refractivity contribution in [2.45, 2.75) is 19.4 Å². The molecule has 1 unspecified atom stereocenters. The zero-order valence-corrected chi connectivity index (χ0v) is 11.3. The molecule has 19 heavy (non-hydrogen) atoms. The van der Waals surface area contributed by atoms with Crippen molar-refractivity contribution in [2.75, 3.05) is 12.8 Å². The second-order valence-electron chi connectivity index (χ2n) is 4.59. The van der Waals surface area contributed by atoms with E-state index in [1.165, 1.54) is 0 Å². The van der Waals surface area contributed by atoms with Gasteiger partial charge in [-0.2, -0.15) is 0 Å². The van der Waals surface area contributed by atoms with E-state index in [2.05, 4.69) is 4.98 Å².